The molecule has 1 heterocycles. The van der Waals surface area contributed by atoms with Crippen LogP contribution in [-0.2, 0) is 0 Å². The molecule has 1 aliphatic heterocycles. The Labute approximate surface area is 37.1 Å². The molecule has 1 atom stereocenters. The first-order valence-electron chi connectivity index (χ1n) is 2.07. The quantitative estimate of drug-likeness (QED) is 0.397. The van der Waals surface area contributed by atoms with E-state index in [-0.39, 0.29) is 6.00 Å². The van der Waals surface area contributed by atoms with E-state index in [1.54, 1.807) is 7.07 Å². The molecular weight excluding hydrogens is 76.9 g/mol. The second kappa shape index (κ2) is 1.52. The first-order chi connectivity index (χ1) is 2.89. The molecule has 0 saturated carbocycles. The van der Waals surface area contributed by atoms with Crippen LogP contribution >= 0.6 is 0 Å². The molecule has 0 fully saturated rings. The van der Waals surface area contributed by atoms with Gasteiger partial charge in [-0.25, -0.2) is 0 Å². The third-order valence-corrected chi connectivity index (χ3v) is 0.831. The van der Waals surface area contributed by atoms with E-state index >= 15 is 0 Å². The van der Waals surface area contributed by atoms with Crippen LogP contribution in [-0.4, -0.2) is 24.7 Å². The van der Waals surface area contributed by atoms with E-state index in [0.717, 1.165) is 13.0 Å². The summed E-state index contributed by atoms with van der Waals surface area (Å²) in [6, 6.07) is -0.245. The standard InChI is InChI=1S/C3H6BNO/c6-3-1-2-5-4-3/h3,6H,1-2H2. The van der Waals surface area contributed by atoms with Crippen LogP contribution in [0.3, 0.4) is 0 Å². The Morgan fingerprint density at radius 1 is 1.83 bits per heavy atom. The molecule has 1 unspecified atom stereocenters. The number of hydrogen-bond donors (Lipinski definition) is 1. The second-order valence-corrected chi connectivity index (χ2v) is 1.41. The summed E-state index contributed by atoms with van der Waals surface area (Å²) < 4.78 is 0. The van der Waals surface area contributed by atoms with Crippen LogP contribution in [0.5, 0.6) is 0 Å². The van der Waals surface area contributed by atoms with Crippen LogP contribution in [0.15, 0.2) is 4.90 Å². The van der Waals surface area contributed by atoms with Gasteiger partial charge in [0.1, 0.15) is 0 Å². The van der Waals surface area contributed by atoms with Crippen LogP contribution in [0.2, 0.25) is 0 Å². The van der Waals surface area contributed by atoms with Crippen LogP contribution in [0.4, 0.5) is 0 Å². The summed E-state index contributed by atoms with van der Waals surface area (Å²) in [6.07, 6.45) is 0.819. The SMILES string of the molecule is OC1B=NCC1. The van der Waals surface area contributed by atoms with Crippen LogP contribution in [0.25, 0.3) is 0 Å². The molecule has 1 N–H and O–H groups in total. The third kappa shape index (κ3) is 0.655. The van der Waals surface area contributed by atoms with Gasteiger partial charge in [0.25, 0.3) is 0 Å². The Hall–Kier alpha value is -0.175. The van der Waals surface area contributed by atoms with Gasteiger partial charge in [-0.1, -0.05) is 0 Å². The minimum absolute atomic E-state index is 0.245. The van der Waals surface area contributed by atoms with Crippen LogP contribution < -0.4 is 0 Å². The zero-order valence-corrected chi connectivity index (χ0v) is 3.46. The van der Waals surface area contributed by atoms with Gasteiger partial charge < -0.3 is 0 Å². The molecule has 3 heteroatoms. The number of aliphatic hydroxyl groups excluding tert-OH is 1. The van der Waals surface area contributed by atoms with Crippen molar-refractivity contribution in [3.63, 3.8) is 0 Å². The van der Waals surface area contributed by atoms with E-state index < -0.39 is 0 Å². The Kier molecular flexibility index (Phi) is 1.01. The fraction of sp³-hybridized carbons (Fsp3) is 1.00. The van der Waals surface area contributed by atoms with Crippen molar-refractivity contribution in [2.45, 2.75) is 12.4 Å². The molecule has 0 bridgehead atoms. The average molecular weight is 82.9 g/mol. The van der Waals surface area contributed by atoms with E-state index in [2.05, 4.69) is 4.90 Å². The summed E-state index contributed by atoms with van der Waals surface area (Å²) in [5.74, 6) is 0. The van der Waals surface area contributed by atoms with Crippen molar-refractivity contribution in [3.8, 4) is 0 Å². The molecule has 0 spiro atoms. The summed E-state index contributed by atoms with van der Waals surface area (Å²) in [5, 5.41) is 8.58. The molecule has 1 aliphatic rings. The Morgan fingerprint density at radius 3 is 2.83 bits per heavy atom. The summed E-state index contributed by atoms with van der Waals surface area (Å²) >= 11 is 0. The van der Waals surface area contributed by atoms with E-state index in [4.69, 9.17) is 5.11 Å². The maximum atomic E-state index is 8.58. The Balaban J connectivity index is 2.38. The molecule has 0 amide bonds. The van der Waals surface area contributed by atoms with E-state index in [1.807, 2.05) is 0 Å². The summed E-state index contributed by atoms with van der Waals surface area (Å²) in [5.41, 5.74) is 0. The fourth-order valence-corrected chi connectivity index (χ4v) is 0.478. The molecule has 0 aliphatic carbocycles. The Morgan fingerprint density at radius 2 is 2.67 bits per heavy atom. The number of nitrogens with zero attached hydrogens (tertiary/aromatic N) is 1. The first-order valence-corrected chi connectivity index (χ1v) is 2.07. The van der Waals surface area contributed by atoms with E-state index in [9.17, 15) is 0 Å². The van der Waals surface area contributed by atoms with Gasteiger partial charge in [-0.3, -0.25) is 0 Å². The van der Waals surface area contributed by atoms with Gasteiger partial charge in [-0.05, 0) is 0 Å². The molecule has 0 aromatic rings. The van der Waals surface area contributed by atoms with Gasteiger partial charge in [-0.2, -0.15) is 0 Å². The number of hydrogen-bond acceptors (Lipinski definition) is 2. The molecule has 0 saturated heterocycles. The molecule has 0 aromatic heterocycles. The molecule has 0 aromatic carbocycles. The Bertz CT molecular complexity index is 73.2. The molecule has 32 valence electrons. The first kappa shape index (κ1) is 4.00. The molecule has 6 heavy (non-hydrogen) atoms. The van der Waals surface area contributed by atoms with Crippen molar-refractivity contribution < 1.29 is 5.11 Å². The fourth-order valence-electron chi connectivity index (χ4n) is 0.478. The summed E-state index contributed by atoms with van der Waals surface area (Å²) in [6.45, 7) is 0.807. The normalized spacial score (nSPS) is 30.5. The predicted octanol–water partition coefficient (Wildman–Crippen LogP) is -0.404. The van der Waals surface area contributed by atoms with Gasteiger partial charge in [0, 0.05) is 0 Å². The second-order valence-electron chi connectivity index (χ2n) is 1.41. The summed E-state index contributed by atoms with van der Waals surface area (Å²) in [4.78, 5) is 3.79. The van der Waals surface area contributed by atoms with Crippen molar-refractivity contribution in [1.82, 2.24) is 0 Å². The van der Waals surface area contributed by atoms with Crippen LogP contribution in [0.1, 0.15) is 6.42 Å². The zero-order chi connectivity index (χ0) is 4.41. The van der Waals surface area contributed by atoms with Crippen molar-refractivity contribution >= 4 is 7.07 Å². The molecule has 0 radical (unpaired) electrons. The van der Waals surface area contributed by atoms with Crippen LogP contribution in [0, 0.1) is 0 Å². The predicted molar refractivity (Wildman–Crippen MR) is 23.7 cm³/mol. The minimum atomic E-state index is -0.245. The van der Waals surface area contributed by atoms with Gasteiger partial charge in [0.15, 0.2) is 0 Å². The molecule has 1 rings (SSSR count). The zero-order valence-electron chi connectivity index (χ0n) is 3.46. The van der Waals surface area contributed by atoms with Gasteiger partial charge in [0.05, 0.1) is 0 Å². The molecule has 2 nitrogen and oxygen atoms in total. The number of rotatable bonds is 0. The summed E-state index contributed by atoms with van der Waals surface area (Å²) in [7, 11) is 1.58. The van der Waals surface area contributed by atoms with E-state index in [0.29, 0.717) is 0 Å². The van der Waals surface area contributed by atoms with Crippen molar-refractivity contribution in [1.29, 1.82) is 0 Å². The van der Waals surface area contributed by atoms with Crippen molar-refractivity contribution in [2.75, 3.05) is 6.54 Å². The third-order valence-electron chi connectivity index (χ3n) is 0.831. The van der Waals surface area contributed by atoms with Gasteiger partial charge >= 0.3 is 36.0 Å². The topological polar surface area (TPSA) is 32.6 Å². The van der Waals surface area contributed by atoms with Gasteiger partial charge in [0.2, 0.25) is 0 Å². The average Bonchev–Trinajstić information content (AvgIpc) is 1.86. The monoisotopic (exact) mass is 83.1 g/mol. The van der Waals surface area contributed by atoms with E-state index in [1.165, 1.54) is 0 Å². The number of aliphatic hydroxyl groups is 1. The van der Waals surface area contributed by atoms with Crippen molar-refractivity contribution in [2.24, 2.45) is 4.90 Å². The molecular formula is C3H6BNO. The van der Waals surface area contributed by atoms with Crippen molar-refractivity contribution in [3.05, 3.63) is 0 Å². The maximum absolute atomic E-state index is 8.58. The van der Waals surface area contributed by atoms with Gasteiger partial charge in [-0.15, -0.1) is 0 Å².